The lowest BCUT2D eigenvalue weighted by atomic mass is 9.94. The fourth-order valence-electron chi connectivity index (χ4n) is 3.19. The van der Waals surface area contributed by atoms with E-state index in [9.17, 15) is 0 Å². The summed E-state index contributed by atoms with van der Waals surface area (Å²) in [6.07, 6.45) is 4.89. The van der Waals surface area contributed by atoms with Gasteiger partial charge in [-0.1, -0.05) is 36.4 Å². The molecule has 0 N–H and O–H groups in total. The molecule has 1 aromatic rings. The summed E-state index contributed by atoms with van der Waals surface area (Å²) in [5.74, 6) is 0. The molecule has 2 fully saturated rings. The van der Waals surface area contributed by atoms with Gasteiger partial charge in [0.2, 0.25) is 0 Å². The van der Waals surface area contributed by atoms with Crippen molar-refractivity contribution >= 4 is 5.57 Å². The van der Waals surface area contributed by atoms with Gasteiger partial charge in [0.15, 0.2) is 0 Å². The minimum atomic E-state index is 0.305. The van der Waals surface area contributed by atoms with Crippen LogP contribution in [0.15, 0.2) is 36.4 Å². The molecule has 0 radical (unpaired) electrons. The number of hydrogen-bond donors (Lipinski definition) is 0. The normalized spacial score (nSPS) is 23.9. The number of hydrogen-bond acceptors (Lipinski definition) is 2. The van der Waals surface area contributed by atoms with Gasteiger partial charge in [-0.2, -0.15) is 0 Å². The molecule has 2 aliphatic rings. The molecule has 1 aliphatic carbocycles. The van der Waals surface area contributed by atoms with Gasteiger partial charge in [0.25, 0.3) is 0 Å². The number of morpholine rings is 1. The lowest BCUT2D eigenvalue weighted by Crippen LogP contribution is -2.45. The number of allylic oxidation sites excluding steroid dienone is 1. The summed E-state index contributed by atoms with van der Waals surface area (Å²) in [7, 11) is 0. The number of ether oxygens (including phenoxy) is 1. The largest absolute Gasteiger partial charge is 0.379 e. The predicted molar refractivity (Wildman–Crippen MR) is 74.5 cm³/mol. The summed E-state index contributed by atoms with van der Waals surface area (Å²) in [5.41, 5.74) is 3.19. The van der Waals surface area contributed by atoms with Gasteiger partial charge in [-0.15, -0.1) is 0 Å². The first-order valence-electron chi connectivity index (χ1n) is 6.92. The third kappa shape index (κ3) is 2.00. The maximum absolute atomic E-state index is 5.48. The topological polar surface area (TPSA) is 12.5 Å². The van der Waals surface area contributed by atoms with E-state index in [2.05, 4.69) is 48.2 Å². The fourth-order valence-corrected chi connectivity index (χ4v) is 3.19. The Kier molecular flexibility index (Phi) is 3.23. The van der Waals surface area contributed by atoms with E-state index in [1.807, 2.05) is 0 Å². The predicted octanol–water partition coefficient (Wildman–Crippen LogP) is 2.95. The van der Waals surface area contributed by atoms with E-state index < -0.39 is 0 Å². The summed E-state index contributed by atoms with van der Waals surface area (Å²) in [4.78, 5) is 2.62. The summed E-state index contributed by atoms with van der Waals surface area (Å²) >= 11 is 0. The Morgan fingerprint density at radius 3 is 2.39 bits per heavy atom. The van der Waals surface area contributed by atoms with Crippen LogP contribution in [-0.2, 0) is 4.74 Å². The lowest BCUT2D eigenvalue weighted by Gasteiger charge is -2.36. The highest BCUT2D eigenvalue weighted by Crippen LogP contribution is 2.51. The summed E-state index contributed by atoms with van der Waals surface area (Å²) < 4.78 is 5.48. The van der Waals surface area contributed by atoms with Crippen LogP contribution >= 0.6 is 0 Å². The summed E-state index contributed by atoms with van der Waals surface area (Å²) in [5, 5.41) is 0. The van der Waals surface area contributed by atoms with Gasteiger partial charge in [0.1, 0.15) is 0 Å². The van der Waals surface area contributed by atoms with Crippen LogP contribution in [0.4, 0.5) is 0 Å². The highest BCUT2D eigenvalue weighted by Gasteiger charge is 2.50. The van der Waals surface area contributed by atoms with E-state index in [1.54, 1.807) is 0 Å². The zero-order chi connectivity index (χ0) is 12.4. The fraction of sp³-hybridized carbons (Fsp3) is 0.500. The summed E-state index contributed by atoms with van der Waals surface area (Å²) in [6, 6.07) is 10.8. The molecule has 1 aromatic carbocycles. The van der Waals surface area contributed by atoms with Crippen LogP contribution in [0.3, 0.4) is 0 Å². The third-order valence-electron chi connectivity index (χ3n) is 4.21. The van der Waals surface area contributed by atoms with Gasteiger partial charge in [-0.25, -0.2) is 0 Å². The minimum absolute atomic E-state index is 0.305. The zero-order valence-electron chi connectivity index (χ0n) is 11.1. The first kappa shape index (κ1) is 11.9. The Bertz CT molecular complexity index is 428. The molecule has 2 nitrogen and oxygen atoms in total. The molecule has 0 amide bonds. The number of benzene rings is 1. The maximum Gasteiger partial charge on any atom is 0.0594 e. The van der Waals surface area contributed by atoms with Crippen LogP contribution in [0.5, 0.6) is 0 Å². The Morgan fingerprint density at radius 1 is 1.17 bits per heavy atom. The minimum Gasteiger partial charge on any atom is -0.379 e. The first-order valence-corrected chi connectivity index (χ1v) is 6.92. The van der Waals surface area contributed by atoms with Crippen molar-refractivity contribution in [2.24, 2.45) is 0 Å². The molecular formula is C16H21NO. The average Bonchev–Trinajstić information content (AvgIpc) is 3.24. The van der Waals surface area contributed by atoms with Crippen molar-refractivity contribution < 1.29 is 4.74 Å². The van der Waals surface area contributed by atoms with E-state index in [-0.39, 0.29) is 0 Å². The molecule has 0 aromatic heterocycles. The van der Waals surface area contributed by atoms with Crippen molar-refractivity contribution in [3.63, 3.8) is 0 Å². The Morgan fingerprint density at radius 2 is 1.83 bits per heavy atom. The highest BCUT2D eigenvalue weighted by atomic mass is 16.5. The van der Waals surface area contributed by atoms with Gasteiger partial charge >= 0.3 is 0 Å². The smallest absolute Gasteiger partial charge is 0.0594 e. The summed E-state index contributed by atoms with van der Waals surface area (Å²) in [6.45, 7) is 6.08. The molecule has 1 heterocycles. The quantitative estimate of drug-likeness (QED) is 0.809. The van der Waals surface area contributed by atoms with Crippen molar-refractivity contribution in [2.45, 2.75) is 25.3 Å². The van der Waals surface area contributed by atoms with E-state index in [1.165, 1.54) is 24.0 Å². The van der Waals surface area contributed by atoms with Crippen LogP contribution < -0.4 is 0 Å². The van der Waals surface area contributed by atoms with Crippen LogP contribution in [0, 0.1) is 0 Å². The molecule has 2 heteroatoms. The lowest BCUT2D eigenvalue weighted by molar-refractivity contribution is 0.0221. The van der Waals surface area contributed by atoms with Crippen molar-refractivity contribution in [1.82, 2.24) is 4.90 Å². The van der Waals surface area contributed by atoms with Gasteiger partial charge < -0.3 is 4.74 Å². The molecule has 3 rings (SSSR count). The van der Waals surface area contributed by atoms with Crippen molar-refractivity contribution in [3.8, 4) is 0 Å². The van der Waals surface area contributed by atoms with Gasteiger partial charge in [-0.3, -0.25) is 4.90 Å². The van der Waals surface area contributed by atoms with Crippen LogP contribution in [0.1, 0.15) is 25.3 Å². The monoisotopic (exact) mass is 243 g/mol. The van der Waals surface area contributed by atoms with Crippen LogP contribution in [0.25, 0.3) is 5.57 Å². The number of rotatable bonds is 3. The Hall–Kier alpha value is -1.12. The molecule has 96 valence electrons. The average molecular weight is 243 g/mol. The van der Waals surface area contributed by atoms with Crippen molar-refractivity contribution in [3.05, 3.63) is 42.0 Å². The molecule has 1 saturated heterocycles. The Labute approximate surface area is 109 Å². The van der Waals surface area contributed by atoms with Crippen LogP contribution in [0.2, 0.25) is 0 Å². The third-order valence-corrected chi connectivity index (χ3v) is 4.21. The second-order valence-electron chi connectivity index (χ2n) is 5.20. The van der Waals surface area contributed by atoms with Crippen molar-refractivity contribution in [1.29, 1.82) is 0 Å². The van der Waals surface area contributed by atoms with E-state index in [0.29, 0.717) is 5.54 Å². The maximum atomic E-state index is 5.48. The van der Waals surface area contributed by atoms with E-state index >= 15 is 0 Å². The molecule has 0 spiro atoms. The number of nitrogens with zero attached hydrogens (tertiary/aromatic N) is 1. The molecular weight excluding hydrogens is 222 g/mol. The highest BCUT2D eigenvalue weighted by molar-refractivity contribution is 5.75. The molecule has 0 bridgehead atoms. The molecule has 18 heavy (non-hydrogen) atoms. The second-order valence-corrected chi connectivity index (χ2v) is 5.20. The standard InChI is InChI=1S/C16H21NO/c1-2-15(14-6-4-3-5-7-14)16(8-9-16)17-10-12-18-13-11-17/h2-7H,8-13H2,1H3/b15-2+. The molecule has 1 saturated carbocycles. The Balaban J connectivity index is 1.88. The first-order chi connectivity index (χ1) is 8.87. The van der Waals surface area contributed by atoms with E-state index in [4.69, 9.17) is 4.74 Å². The zero-order valence-corrected chi connectivity index (χ0v) is 11.1. The SMILES string of the molecule is C/C=C(\c1ccccc1)C1(N2CCOCC2)CC1. The van der Waals surface area contributed by atoms with E-state index in [0.717, 1.165) is 26.3 Å². The molecule has 0 unspecified atom stereocenters. The van der Waals surface area contributed by atoms with Crippen LogP contribution in [-0.4, -0.2) is 36.7 Å². The molecule has 0 atom stereocenters. The van der Waals surface area contributed by atoms with Gasteiger partial charge in [-0.05, 0) is 30.9 Å². The second kappa shape index (κ2) is 4.87. The van der Waals surface area contributed by atoms with Crippen molar-refractivity contribution in [2.75, 3.05) is 26.3 Å². The van der Waals surface area contributed by atoms with Gasteiger partial charge in [0.05, 0.1) is 13.2 Å². The van der Waals surface area contributed by atoms with Gasteiger partial charge in [0, 0.05) is 18.6 Å². The molecule has 1 aliphatic heterocycles.